The predicted octanol–water partition coefficient (Wildman–Crippen LogP) is 5.70. The van der Waals surface area contributed by atoms with Crippen molar-refractivity contribution in [1.29, 1.82) is 0 Å². The van der Waals surface area contributed by atoms with Gasteiger partial charge in [-0.1, -0.05) is 39.5 Å². The van der Waals surface area contributed by atoms with E-state index in [2.05, 4.69) is 19.2 Å². The molecule has 4 nitrogen and oxygen atoms in total. The average molecular weight is 327 g/mol. The van der Waals surface area contributed by atoms with Gasteiger partial charge < -0.3 is 9.84 Å². The number of benzene rings is 1. The first-order chi connectivity index (χ1) is 10.6. The summed E-state index contributed by atoms with van der Waals surface area (Å²) in [6.07, 6.45) is 6.72. The molecule has 0 amide bonds. The van der Waals surface area contributed by atoms with Gasteiger partial charge in [-0.15, -0.1) is 0 Å². The molecule has 22 heavy (non-hydrogen) atoms. The zero-order valence-electron chi connectivity index (χ0n) is 14.1. The molecule has 1 aromatic rings. The molecule has 0 saturated carbocycles. The number of anilines is 1. The maximum atomic E-state index is 12.9. The number of rotatable bonds is 12. The Hall–Kier alpha value is -0.990. The van der Waals surface area contributed by atoms with Crippen LogP contribution in [0.2, 0.25) is 0 Å². The van der Waals surface area contributed by atoms with Crippen LogP contribution in [0.25, 0.3) is 0 Å². The molecule has 1 N–H and O–H groups in total. The zero-order valence-corrected chi connectivity index (χ0v) is 15.0. The van der Waals surface area contributed by atoms with E-state index in [1.807, 2.05) is 31.3 Å². The van der Waals surface area contributed by atoms with E-state index in [1.165, 1.54) is 12.8 Å². The van der Waals surface area contributed by atoms with Crippen molar-refractivity contribution in [2.24, 2.45) is 0 Å². The molecule has 0 saturated heterocycles. The number of hydrogen-bond acceptors (Lipinski definition) is 4. The Morgan fingerprint density at radius 2 is 1.68 bits per heavy atom. The topological polar surface area (TPSA) is 47.6 Å². The third kappa shape index (κ3) is 7.33. The zero-order chi connectivity index (χ0) is 16.3. The largest absolute Gasteiger partial charge is 0.424 e. The summed E-state index contributed by atoms with van der Waals surface area (Å²) in [5.74, 6) is 0.604. The van der Waals surface area contributed by atoms with E-state index < -0.39 is 7.60 Å². The van der Waals surface area contributed by atoms with Crippen LogP contribution in [0.1, 0.15) is 52.4 Å². The van der Waals surface area contributed by atoms with Crippen molar-refractivity contribution in [3.05, 3.63) is 24.3 Å². The van der Waals surface area contributed by atoms with Gasteiger partial charge in [0.15, 0.2) is 0 Å². The van der Waals surface area contributed by atoms with E-state index in [0.717, 1.165) is 31.4 Å². The molecule has 0 aromatic heterocycles. The molecule has 0 aliphatic carbocycles. The summed E-state index contributed by atoms with van der Waals surface area (Å²) in [6, 6.07) is 7.46. The SMILES string of the molecule is CCCCCCOP(=O)(CCCC)Oc1ccc(NC)cc1. The first-order valence-corrected chi connectivity index (χ1v) is 10.1. The number of unbranched alkanes of at least 4 members (excludes halogenated alkanes) is 4. The van der Waals surface area contributed by atoms with Gasteiger partial charge in [-0.3, -0.25) is 4.52 Å². The Bertz CT molecular complexity index is 448. The third-order valence-corrected chi connectivity index (χ3v) is 5.39. The van der Waals surface area contributed by atoms with Gasteiger partial charge in [-0.05, 0) is 37.1 Å². The molecular weight excluding hydrogens is 297 g/mol. The third-order valence-electron chi connectivity index (χ3n) is 3.46. The maximum Gasteiger partial charge on any atom is 0.379 e. The van der Waals surface area contributed by atoms with Crippen LogP contribution in [0.5, 0.6) is 5.75 Å². The second-order valence-corrected chi connectivity index (χ2v) is 7.56. The van der Waals surface area contributed by atoms with Crippen LogP contribution in [0, 0.1) is 0 Å². The van der Waals surface area contributed by atoms with Gasteiger partial charge in [0.05, 0.1) is 12.8 Å². The van der Waals surface area contributed by atoms with Crippen molar-refractivity contribution in [3.8, 4) is 5.75 Å². The van der Waals surface area contributed by atoms with Gasteiger partial charge in [-0.25, -0.2) is 4.57 Å². The van der Waals surface area contributed by atoms with Gasteiger partial charge in [0.25, 0.3) is 0 Å². The second-order valence-electron chi connectivity index (χ2n) is 5.45. The summed E-state index contributed by atoms with van der Waals surface area (Å²) in [5, 5.41) is 3.05. The molecule has 1 aromatic carbocycles. The highest BCUT2D eigenvalue weighted by molar-refractivity contribution is 7.54. The minimum absolute atomic E-state index is 0.477. The minimum atomic E-state index is -3.05. The fourth-order valence-corrected chi connectivity index (χ4v) is 3.89. The van der Waals surface area contributed by atoms with Crippen LogP contribution in [-0.2, 0) is 9.09 Å². The van der Waals surface area contributed by atoms with E-state index in [1.54, 1.807) is 0 Å². The maximum absolute atomic E-state index is 12.9. The molecule has 0 fully saturated rings. The quantitative estimate of drug-likeness (QED) is 0.395. The minimum Gasteiger partial charge on any atom is -0.424 e. The van der Waals surface area contributed by atoms with Gasteiger partial charge in [-0.2, -0.15) is 0 Å². The molecule has 126 valence electrons. The van der Waals surface area contributed by atoms with Gasteiger partial charge in [0, 0.05) is 12.7 Å². The fraction of sp³-hybridized carbons (Fsp3) is 0.647. The highest BCUT2D eigenvalue weighted by Gasteiger charge is 2.25. The molecule has 0 aliphatic heterocycles. The monoisotopic (exact) mass is 327 g/mol. The molecular formula is C17H30NO3P. The van der Waals surface area contributed by atoms with Crippen molar-refractivity contribution in [3.63, 3.8) is 0 Å². The summed E-state index contributed by atoms with van der Waals surface area (Å²) in [5.41, 5.74) is 0.997. The molecule has 0 heterocycles. The summed E-state index contributed by atoms with van der Waals surface area (Å²) in [6.45, 7) is 4.76. The smallest absolute Gasteiger partial charge is 0.379 e. The summed E-state index contributed by atoms with van der Waals surface area (Å²) in [7, 11) is -1.19. The summed E-state index contributed by atoms with van der Waals surface area (Å²) >= 11 is 0. The summed E-state index contributed by atoms with van der Waals surface area (Å²) in [4.78, 5) is 0. The van der Waals surface area contributed by atoms with Crippen molar-refractivity contribution >= 4 is 13.3 Å². The Morgan fingerprint density at radius 3 is 2.27 bits per heavy atom. The molecule has 1 rings (SSSR count). The van der Waals surface area contributed by atoms with Gasteiger partial charge in [0.2, 0.25) is 0 Å². The summed E-state index contributed by atoms with van der Waals surface area (Å²) < 4.78 is 24.2. The first-order valence-electron chi connectivity index (χ1n) is 8.34. The van der Waals surface area contributed by atoms with Crippen LogP contribution in [0.3, 0.4) is 0 Å². The van der Waals surface area contributed by atoms with Crippen molar-refractivity contribution in [2.45, 2.75) is 52.4 Å². The number of nitrogens with one attached hydrogen (secondary N) is 1. The molecule has 1 atom stereocenters. The normalized spacial score (nSPS) is 13.6. The lowest BCUT2D eigenvalue weighted by Crippen LogP contribution is -2.04. The molecule has 0 spiro atoms. The van der Waals surface area contributed by atoms with E-state index in [-0.39, 0.29) is 0 Å². The van der Waals surface area contributed by atoms with E-state index in [4.69, 9.17) is 9.05 Å². The standard InChI is InChI=1S/C17H30NO3P/c1-4-6-8-9-14-20-22(19,15-7-5-2)21-17-12-10-16(18-3)11-13-17/h10-13,18H,4-9,14-15H2,1-3H3. The van der Waals surface area contributed by atoms with Crippen LogP contribution in [-0.4, -0.2) is 19.8 Å². The van der Waals surface area contributed by atoms with Crippen molar-refractivity contribution in [1.82, 2.24) is 0 Å². The fourth-order valence-electron chi connectivity index (χ4n) is 2.06. The van der Waals surface area contributed by atoms with Gasteiger partial charge >= 0.3 is 7.60 Å². The van der Waals surface area contributed by atoms with Crippen molar-refractivity contribution < 1.29 is 13.6 Å². The van der Waals surface area contributed by atoms with Gasteiger partial charge in [0.1, 0.15) is 5.75 Å². The number of hydrogen-bond donors (Lipinski definition) is 1. The van der Waals surface area contributed by atoms with E-state index >= 15 is 0 Å². The predicted molar refractivity (Wildman–Crippen MR) is 94.1 cm³/mol. The first kappa shape index (κ1) is 19.1. The van der Waals surface area contributed by atoms with E-state index in [9.17, 15) is 4.57 Å². The van der Waals surface area contributed by atoms with Crippen LogP contribution < -0.4 is 9.84 Å². The average Bonchev–Trinajstić information content (AvgIpc) is 2.53. The van der Waals surface area contributed by atoms with E-state index in [0.29, 0.717) is 18.5 Å². The second kappa shape index (κ2) is 10.7. The Balaban J connectivity index is 2.58. The van der Waals surface area contributed by atoms with Crippen molar-refractivity contribution in [2.75, 3.05) is 25.1 Å². The highest BCUT2D eigenvalue weighted by atomic mass is 31.2. The molecule has 0 aliphatic rings. The molecule has 5 heteroatoms. The lowest BCUT2D eigenvalue weighted by molar-refractivity contribution is 0.257. The molecule has 0 radical (unpaired) electrons. The Kier molecular flexibility index (Phi) is 9.26. The van der Waals surface area contributed by atoms with Crippen LogP contribution in [0.15, 0.2) is 24.3 Å². The highest BCUT2D eigenvalue weighted by Crippen LogP contribution is 2.49. The van der Waals surface area contributed by atoms with Crippen LogP contribution in [0.4, 0.5) is 5.69 Å². The molecule has 1 unspecified atom stereocenters. The lowest BCUT2D eigenvalue weighted by atomic mass is 10.2. The Labute approximate surface area is 135 Å². The lowest BCUT2D eigenvalue weighted by Gasteiger charge is -2.19. The Morgan fingerprint density at radius 1 is 1.00 bits per heavy atom. The van der Waals surface area contributed by atoms with Crippen LogP contribution >= 0.6 is 7.60 Å². The molecule has 0 bridgehead atoms.